The van der Waals surface area contributed by atoms with Crippen molar-refractivity contribution in [2.24, 2.45) is 35.0 Å². The Morgan fingerprint density at radius 1 is 1.12 bits per heavy atom. The predicted octanol–water partition coefficient (Wildman–Crippen LogP) is 1.62. The third-order valence-electron chi connectivity index (χ3n) is 5.00. The van der Waals surface area contributed by atoms with Crippen LogP contribution >= 0.6 is 0 Å². The summed E-state index contributed by atoms with van der Waals surface area (Å²) in [6.45, 7) is 7.61. The zero-order chi connectivity index (χ0) is 12.5. The maximum absolute atomic E-state index is 12.5. The summed E-state index contributed by atoms with van der Waals surface area (Å²) in [7, 11) is 0. The van der Waals surface area contributed by atoms with Gasteiger partial charge in [-0.15, -0.1) is 0 Å². The Morgan fingerprint density at radius 3 is 2.24 bits per heavy atom. The lowest BCUT2D eigenvalue weighted by atomic mass is 9.78. The highest BCUT2D eigenvalue weighted by molar-refractivity contribution is 5.88. The van der Waals surface area contributed by atoms with E-state index in [4.69, 9.17) is 0 Å². The number of rotatable bonds is 2. The van der Waals surface area contributed by atoms with E-state index < -0.39 is 0 Å². The van der Waals surface area contributed by atoms with Gasteiger partial charge in [0.25, 0.3) is 0 Å². The molecule has 6 atom stereocenters. The third-order valence-corrected chi connectivity index (χ3v) is 5.00. The molecule has 0 aromatic carbocycles. The highest BCUT2D eigenvalue weighted by Gasteiger charge is 2.75. The van der Waals surface area contributed by atoms with E-state index in [0.29, 0.717) is 29.6 Å². The lowest BCUT2D eigenvalue weighted by Gasteiger charge is -2.26. The largest absolute Gasteiger partial charge is 0.353 e. The molecule has 4 fully saturated rings. The van der Waals surface area contributed by atoms with Crippen LogP contribution in [0.3, 0.4) is 0 Å². The van der Waals surface area contributed by atoms with Gasteiger partial charge < -0.3 is 5.32 Å². The van der Waals surface area contributed by atoms with Gasteiger partial charge in [0.2, 0.25) is 5.91 Å². The van der Waals surface area contributed by atoms with Crippen molar-refractivity contribution < 1.29 is 9.59 Å². The molecule has 3 nitrogen and oxygen atoms in total. The van der Waals surface area contributed by atoms with Gasteiger partial charge in [0.15, 0.2) is 0 Å². The molecular weight excluding hydrogens is 214 g/mol. The summed E-state index contributed by atoms with van der Waals surface area (Å²) in [5, 5.41) is 3.07. The lowest BCUT2D eigenvalue weighted by Crippen LogP contribution is -2.39. The van der Waals surface area contributed by atoms with Crippen LogP contribution in [-0.4, -0.2) is 17.7 Å². The van der Waals surface area contributed by atoms with E-state index in [9.17, 15) is 9.59 Å². The van der Waals surface area contributed by atoms with E-state index in [1.54, 1.807) is 6.92 Å². The van der Waals surface area contributed by atoms with Crippen molar-refractivity contribution in [1.82, 2.24) is 5.32 Å². The predicted molar refractivity (Wildman–Crippen MR) is 64.1 cm³/mol. The number of ketones is 1. The van der Waals surface area contributed by atoms with Gasteiger partial charge in [-0.25, -0.2) is 0 Å². The molecule has 17 heavy (non-hydrogen) atoms. The van der Waals surface area contributed by atoms with E-state index in [1.807, 2.05) is 20.8 Å². The summed E-state index contributed by atoms with van der Waals surface area (Å²) in [6.07, 6.45) is 1.16. The molecule has 1 amide bonds. The van der Waals surface area contributed by atoms with Gasteiger partial charge in [0.1, 0.15) is 5.78 Å². The molecule has 0 aromatic heterocycles. The van der Waals surface area contributed by atoms with Crippen molar-refractivity contribution in [1.29, 1.82) is 0 Å². The maximum atomic E-state index is 12.5. The summed E-state index contributed by atoms with van der Waals surface area (Å²) in [6, 6.07) is 0.291. The summed E-state index contributed by atoms with van der Waals surface area (Å²) in [4.78, 5) is 23.7. The van der Waals surface area contributed by atoms with Gasteiger partial charge in [-0.3, -0.25) is 9.59 Å². The SMILES string of the molecule is CC(=O)N[C@H]1C2C3[C@@H]2C[C@@H]1[C@@H]3C(=O)C(C)(C)C. The van der Waals surface area contributed by atoms with Crippen molar-refractivity contribution >= 4 is 11.7 Å². The molecule has 4 saturated carbocycles. The van der Waals surface area contributed by atoms with Crippen LogP contribution in [0.25, 0.3) is 0 Å². The fraction of sp³-hybridized carbons (Fsp3) is 0.857. The van der Waals surface area contributed by atoms with Crippen LogP contribution in [0.4, 0.5) is 0 Å². The fourth-order valence-electron chi connectivity index (χ4n) is 4.46. The van der Waals surface area contributed by atoms with Crippen molar-refractivity contribution in [3.63, 3.8) is 0 Å². The number of hydrogen-bond acceptors (Lipinski definition) is 2. The van der Waals surface area contributed by atoms with Crippen molar-refractivity contribution in [2.75, 3.05) is 0 Å². The van der Waals surface area contributed by atoms with Gasteiger partial charge in [-0.2, -0.15) is 0 Å². The molecule has 0 spiro atoms. The van der Waals surface area contributed by atoms with Gasteiger partial charge in [0.05, 0.1) is 0 Å². The molecule has 0 aliphatic heterocycles. The van der Waals surface area contributed by atoms with E-state index in [1.165, 1.54) is 0 Å². The van der Waals surface area contributed by atoms with Crippen molar-refractivity contribution in [3.05, 3.63) is 0 Å². The van der Waals surface area contributed by atoms with Gasteiger partial charge >= 0.3 is 0 Å². The summed E-state index contributed by atoms with van der Waals surface area (Å²) in [5.41, 5.74) is -0.240. The van der Waals surface area contributed by atoms with E-state index in [0.717, 1.165) is 12.3 Å². The molecule has 4 aliphatic rings. The Balaban J connectivity index is 1.80. The standard InChI is InChI=1S/C14H21NO2/c1-6(16)15-12-8-5-7-9(10(7)12)11(8)13(17)14(2,3)4/h7-12H,5H2,1-4H3,(H,15,16)/t7-,8+,9?,10?,11-,12+/m0/s1. The van der Waals surface area contributed by atoms with Gasteiger partial charge in [0, 0.05) is 24.3 Å². The van der Waals surface area contributed by atoms with Crippen LogP contribution in [-0.2, 0) is 9.59 Å². The van der Waals surface area contributed by atoms with Gasteiger partial charge in [-0.1, -0.05) is 20.8 Å². The molecule has 2 unspecified atom stereocenters. The highest BCUT2D eigenvalue weighted by Crippen LogP contribution is 2.73. The van der Waals surface area contributed by atoms with Crippen LogP contribution in [0.2, 0.25) is 0 Å². The molecule has 4 rings (SSSR count). The molecule has 3 heteroatoms. The molecule has 94 valence electrons. The number of hydrogen-bond donors (Lipinski definition) is 1. The highest BCUT2D eigenvalue weighted by atomic mass is 16.1. The van der Waals surface area contributed by atoms with Crippen LogP contribution in [0.5, 0.6) is 0 Å². The van der Waals surface area contributed by atoms with Crippen LogP contribution in [0.1, 0.15) is 34.1 Å². The van der Waals surface area contributed by atoms with Crippen molar-refractivity contribution in [2.45, 2.75) is 40.2 Å². The van der Waals surface area contributed by atoms with E-state index in [2.05, 4.69) is 5.32 Å². The van der Waals surface area contributed by atoms with Gasteiger partial charge in [-0.05, 0) is 30.1 Å². The molecule has 4 bridgehead atoms. The first-order valence-corrected chi connectivity index (χ1v) is 6.64. The Kier molecular flexibility index (Phi) is 2.06. The number of amides is 1. The maximum Gasteiger partial charge on any atom is 0.217 e. The second kappa shape index (κ2) is 3.12. The molecule has 4 aliphatic carbocycles. The lowest BCUT2D eigenvalue weighted by molar-refractivity contribution is -0.132. The molecule has 1 N–H and O–H groups in total. The summed E-state index contributed by atoms with van der Waals surface area (Å²) < 4.78 is 0. The minimum Gasteiger partial charge on any atom is -0.353 e. The molecule has 0 radical (unpaired) electrons. The van der Waals surface area contributed by atoms with Crippen LogP contribution in [0.15, 0.2) is 0 Å². The van der Waals surface area contributed by atoms with E-state index >= 15 is 0 Å². The number of carbonyl (C=O) groups is 2. The summed E-state index contributed by atoms with van der Waals surface area (Å²) in [5.74, 6) is 3.03. The Hall–Kier alpha value is -0.860. The first-order chi connectivity index (χ1) is 7.82. The average molecular weight is 235 g/mol. The number of Topliss-reactive ketones (excluding diaryl/α,β-unsaturated/α-hetero) is 1. The Labute approximate surface area is 102 Å². The topological polar surface area (TPSA) is 46.2 Å². The summed E-state index contributed by atoms with van der Waals surface area (Å²) >= 11 is 0. The smallest absolute Gasteiger partial charge is 0.217 e. The number of carbonyl (C=O) groups excluding carboxylic acids is 2. The minimum atomic E-state index is -0.240. The molecule has 0 saturated heterocycles. The van der Waals surface area contributed by atoms with Crippen molar-refractivity contribution in [3.8, 4) is 0 Å². The normalized spacial score (nSPS) is 45.9. The molecule has 0 aromatic rings. The minimum absolute atomic E-state index is 0.0511. The third kappa shape index (κ3) is 1.40. The second-order valence-corrected chi connectivity index (χ2v) is 7.08. The first kappa shape index (κ1) is 11.2. The Morgan fingerprint density at radius 2 is 1.76 bits per heavy atom. The van der Waals surface area contributed by atoms with E-state index in [-0.39, 0.29) is 17.2 Å². The zero-order valence-corrected chi connectivity index (χ0v) is 11.0. The monoisotopic (exact) mass is 235 g/mol. The second-order valence-electron chi connectivity index (χ2n) is 7.08. The van der Waals surface area contributed by atoms with Crippen LogP contribution < -0.4 is 5.32 Å². The average Bonchev–Trinajstić information content (AvgIpc) is 2.53. The molecule has 0 heterocycles. The Bertz CT molecular complexity index is 396. The molecular formula is C14H21NO2. The first-order valence-electron chi connectivity index (χ1n) is 6.64. The fourth-order valence-corrected chi connectivity index (χ4v) is 4.46. The van der Waals surface area contributed by atoms with Crippen LogP contribution in [0, 0.1) is 35.0 Å². The quantitative estimate of drug-likeness (QED) is 0.790. The zero-order valence-electron chi connectivity index (χ0n) is 11.0. The number of nitrogens with one attached hydrogen (secondary N) is 1.